The van der Waals surface area contributed by atoms with Crippen molar-refractivity contribution >= 4 is 23.5 Å². The molecule has 1 nitrogen and oxygen atoms in total. The molecule has 1 aromatic rings. The van der Waals surface area contributed by atoms with Crippen LogP contribution in [0.1, 0.15) is 31.9 Å². The molecular weight excluding hydrogens is 246 g/mol. The molecule has 0 saturated heterocycles. The average Bonchev–Trinajstić information content (AvgIpc) is 2.37. The van der Waals surface area contributed by atoms with E-state index in [1.807, 2.05) is 23.5 Å². The zero-order valence-electron chi connectivity index (χ0n) is 11.0. The van der Waals surface area contributed by atoms with Crippen LogP contribution < -0.4 is 5.32 Å². The van der Waals surface area contributed by atoms with E-state index >= 15 is 0 Å². The summed E-state index contributed by atoms with van der Waals surface area (Å²) in [4.78, 5) is 1.38. The molecule has 0 aliphatic heterocycles. The van der Waals surface area contributed by atoms with Gasteiger partial charge >= 0.3 is 0 Å². The van der Waals surface area contributed by atoms with E-state index in [0.717, 1.165) is 6.54 Å². The summed E-state index contributed by atoms with van der Waals surface area (Å²) in [5.41, 5.74) is 1.38. The lowest BCUT2D eigenvalue weighted by molar-refractivity contribution is 0.570. The van der Waals surface area contributed by atoms with Crippen LogP contribution in [0.2, 0.25) is 0 Å². The van der Waals surface area contributed by atoms with Crippen LogP contribution >= 0.6 is 23.5 Å². The minimum absolute atomic E-state index is 0.459. The molecule has 0 spiro atoms. The van der Waals surface area contributed by atoms with Crippen LogP contribution in [0.15, 0.2) is 29.2 Å². The molecule has 3 heteroatoms. The van der Waals surface area contributed by atoms with Crippen LogP contribution in [0.3, 0.4) is 0 Å². The molecule has 0 heterocycles. The van der Waals surface area contributed by atoms with Gasteiger partial charge in [-0.3, -0.25) is 0 Å². The second kappa shape index (κ2) is 8.90. The summed E-state index contributed by atoms with van der Waals surface area (Å²) in [5, 5.41) is 3.51. The number of thioether (sulfide) groups is 2. The van der Waals surface area contributed by atoms with Gasteiger partial charge in [-0.25, -0.2) is 0 Å². The van der Waals surface area contributed by atoms with E-state index in [1.165, 1.54) is 28.4 Å². The van der Waals surface area contributed by atoms with Crippen LogP contribution in [-0.2, 0) is 0 Å². The molecule has 0 saturated carbocycles. The van der Waals surface area contributed by atoms with E-state index in [2.05, 4.69) is 49.7 Å². The van der Waals surface area contributed by atoms with Crippen LogP contribution in [0.25, 0.3) is 0 Å². The normalized spacial score (nSPS) is 12.6. The fraction of sp³-hybridized carbons (Fsp3) is 0.571. The molecule has 96 valence electrons. The van der Waals surface area contributed by atoms with Crippen molar-refractivity contribution in [1.82, 2.24) is 5.32 Å². The third-order valence-corrected chi connectivity index (χ3v) is 4.52. The Balaban J connectivity index is 2.43. The van der Waals surface area contributed by atoms with Crippen molar-refractivity contribution in [3.05, 3.63) is 29.8 Å². The monoisotopic (exact) mass is 269 g/mol. The van der Waals surface area contributed by atoms with Crippen molar-refractivity contribution in [2.24, 2.45) is 0 Å². The predicted molar refractivity (Wildman–Crippen MR) is 82.3 cm³/mol. The molecule has 0 bridgehead atoms. The Labute approximate surface area is 114 Å². The van der Waals surface area contributed by atoms with E-state index in [9.17, 15) is 0 Å². The molecule has 1 atom stereocenters. The molecule has 0 radical (unpaired) electrons. The van der Waals surface area contributed by atoms with E-state index < -0.39 is 0 Å². The largest absolute Gasteiger partial charge is 0.310 e. The average molecular weight is 269 g/mol. The summed E-state index contributed by atoms with van der Waals surface area (Å²) >= 11 is 3.85. The molecule has 0 aromatic heterocycles. The topological polar surface area (TPSA) is 12.0 Å². The molecule has 0 aliphatic rings. The highest BCUT2D eigenvalue weighted by atomic mass is 32.2. The van der Waals surface area contributed by atoms with Crippen LogP contribution in [0.4, 0.5) is 0 Å². The van der Waals surface area contributed by atoms with Gasteiger partial charge in [-0.1, -0.05) is 19.1 Å². The minimum Gasteiger partial charge on any atom is -0.310 e. The third kappa shape index (κ3) is 5.84. The van der Waals surface area contributed by atoms with E-state index in [-0.39, 0.29) is 0 Å². The number of hydrogen-bond donors (Lipinski definition) is 1. The number of nitrogens with one attached hydrogen (secondary N) is 1. The van der Waals surface area contributed by atoms with Gasteiger partial charge in [0.05, 0.1) is 0 Å². The van der Waals surface area contributed by atoms with Crippen LogP contribution in [0.5, 0.6) is 0 Å². The quantitative estimate of drug-likeness (QED) is 0.561. The highest BCUT2D eigenvalue weighted by Crippen LogP contribution is 2.21. The Morgan fingerprint density at radius 1 is 1.18 bits per heavy atom. The van der Waals surface area contributed by atoms with E-state index in [1.54, 1.807) is 0 Å². The first-order valence-electron chi connectivity index (χ1n) is 6.23. The maximum atomic E-state index is 3.51. The summed E-state index contributed by atoms with van der Waals surface area (Å²) in [5.74, 6) is 2.42. The van der Waals surface area contributed by atoms with Crippen LogP contribution in [-0.4, -0.2) is 24.3 Å². The van der Waals surface area contributed by atoms with Gasteiger partial charge in [-0.15, -0.1) is 11.8 Å². The van der Waals surface area contributed by atoms with Crippen molar-refractivity contribution in [3.63, 3.8) is 0 Å². The van der Waals surface area contributed by atoms with Gasteiger partial charge in [0.2, 0.25) is 0 Å². The molecule has 0 fully saturated rings. The Kier molecular flexibility index (Phi) is 7.82. The Hall–Kier alpha value is -0.120. The standard InChI is InChI=1S/C14H23NS2/c1-4-9-15-12(2)13-5-7-14(8-6-13)17-11-10-16-3/h5-8,12,15H,4,9-11H2,1-3H3. The Bertz CT molecular complexity index is 298. The van der Waals surface area contributed by atoms with Gasteiger partial charge < -0.3 is 5.32 Å². The lowest BCUT2D eigenvalue weighted by Gasteiger charge is -2.13. The summed E-state index contributed by atoms with van der Waals surface area (Å²) < 4.78 is 0. The fourth-order valence-corrected chi connectivity index (χ4v) is 3.14. The van der Waals surface area contributed by atoms with Gasteiger partial charge in [-0.05, 0) is 43.8 Å². The summed E-state index contributed by atoms with van der Waals surface area (Å²) in [6.07, 6.45) is 3.34. The molecule has 0 aliphatic carbocycles. The minimum atomic E-state index is 0.459. The van der Waals surface area contributed by atoms with Gasteiger partial charge in [0, 0.05) is 22.4 Å². The third-order valence-electron chi connectivity index (χ3n) is 2.64. The second-order valence-corrected chi connectivity index (χ2v) is 6.24. The molecule has 1 N–H and O–H groups in total. The SMILES string of the molecule is CCCNC(C)c1ccc(SCCSC)cc1. The van der Waals surface area contributed by atoms with Crippen LogP contribution in [0, 0.1) is 0 Å². The van der Waals surface area contributed by atoms with Gasteiger partial charge in [0.1, 0.15) is 0 Å². The van der Waals surface area contributed by atoms with Crippen molar-refractivity contribution in [2.75, 3.05) is 24.3 Å². The maximum absolute atomic E-state index is 3.51. The highest BCUT2D eigenvalue weighted by Gasteiger charge is 2.03. The molecule has 0 amide bonds. The zero-order chi connectivity index (χ0) is 12.5. The smallest absolute Gasteiger partial charge is 0.0291 e. The lowest BCUT2D eigenvalue weighted by Crippen LogP contribution is -2.19. The first-order chi connectivity index (χ1) is 8.27. The van der Waals surface area contributed by atoms with Crippen molar-refractivity contribution < 1.29 is 0 Å². The van der Waals surface area contributed by atoms with Crippen molar-refractivity contribution in [3.8, 4) is 0 Å². The Morgan fingerprint density at radius 3 is 2.47 bits per heavy atom. The highest BCUT2D eigenvalue weighted by molar-refractivity contribution is 8.02. The summed E-state index contributed by atoms with van der Waals surface area (Å²) in [6.45, 7) is 5.52. The van der Waals surface area contributed by atoms with Gasteiger partial charge in [0.25, 0.3) is 0 Å². The first kappa shape index (κ1) is 14.9. The summed E-state index contributed by atoms with van der Waals surface area (Å²) in [6, 6.07) is 9.43. The maximum Gasteiger partial charge on any atom is 0.0291 e. The number of rotatable bonds is 8. The second-order valence-electron chi connectivity index (χ2n) is 4.09. The first-order valence-corrected chi connectivity index (χ1v) is 8.61. The predicted octanol–water partition coefficient (Wildman–Crippen LogP) is 4.20. The number of hydrogen-bond acceptors (Lipinski definition) is 3. The molecule has 1 unspecified atom stereocenters. The van der Waals surface area contributed by atoms with Gasteiger partial charge in [0.15, 0.2) is 0 Å². The molecule has 1 rings (SSSR count). The summed E-state index contributed by atoms with van der Waals surface area (Å²) in [7, 11) is 0. The molecule has 1 aromatic carbocycles. The zero-order valence-corrected chi connectivity index (χ0v) is 12.7. The van der Waals surface area contributed by atoms with Crippen molar-refractivity contribution in [1.29, 1.82) is 0 Å². The Morgan fingerprint density at radius 2 is 1.88 bits per heavy atom. The number of benzene rings is 1. The van der Waals surface area contributed by atoms with E-state index in [4.69, 9.17) is 0 Å². The fourth-order valence-electron chi connectivity index (χ4n) is 1.57. The van der Waals surface area contributed by atoms with E-state index in [0.29, 0.717) is 6.04 Å². The lowest BCUT2D eigenvalue weighted by atomic mass is 10.1. The molecular formula is C14H23NS2. The van der Waals surface area contributed by atoms with Crippen molar-refractivity contribution in [2.45, 2.75) is 31.2 Å². The van der Waals surface area contributed by atoms with Gasteiger partial charge in [-0.2, -0.15) is 11.8 Å². The molecule has 17 heavy (non-hydrogen) atoms.